The van der Waals surface area contributed by atoms with Crippen LogP contribution in [-0.4, -0.2) is 11.9 Å². The number of primary amides is 1. The lowest BCUT2D eigenvalue weighted by molar-refractivity contribution is 0.100. The van der Waals surface area contributed by atoms with Crippen LogP contribution >= 0.6 is 0 Å². The van der Waals surface area contributed by atoms with Crippen LogP contribution in [0.1, 0.15) is 27.5 Å². The summed E-state index contributed by atoms with van der Waals surface area (Å²) in [7, 11) is 0. The molecule has 3 amide bonds. The van der Waals surface area contributed by atoms with Gasteiger partial charge in [-0.3, -0.25) is 4.79 Å². The van der Waals surface area contributed by atoms with Gasteiger partial charge in [0.25, 0.3) is 5.91 Å². The van der Waals surface area contributed by atoms with Crippen LogP contribution in [0.3, 0.4) is 0 Å². The molecule has 0 unspecified atom stereocenters. The molecule has 0 heterocycles. The van der Waals surface area contributed by atoms with Crippen molar-refractivity contribution in [2.75, 3.05) is 5.32 Å². The van der Waals surface area contributed by atoms with Crippen LogP contribution in [0, 0.1) is 0 Å². The molecular weight excluding hydrogens is 326 g/mol. The Morgan fingerprint density at radius 1 is 0.731 bits per heavy atom. The molecule has 0 aliphatic heterocycles. The second kappa shape index (κ2) is 7.98. The molecule has 0 spiro atoms. The third kappa shape index (κ3) is 4.08. The fourth-order valence-electron chi connectivity index (χ4n) is 2.75. The van der Waals surface area contributed by atoms with E-state index in [2.05, 4.69) is 10.6 Å². The molecule has 3 aromatic rings. The Morgan fingerprint density at radius 3 is 1.77 bits per heavy atom. The molecular formula is C21H19N3O2. The van der Waals surface area contributed by atoms with Gasteiger partial charge in [0, 0.05) is 0 Å². The van der Waals surface area contributed by atoms with E-state index in [-0.39, 0.29) is 11.6 Å². The summed E-state index contributed by atoms with van der Waals surface area (Å²) in [6.07, 6.45) is 0. The van der Waals surface area contributed by atoms with E-state index in [4.69, 9.17) is 5.73 Å². The first-order valence-electron chi connectivity index (χ1n) is 8.21. The first kappa shape index (κ1) is 17.2. The van der Waals surface area contributed by atoms with Gasteiger partial charge in [0.2, 0.25) is 0 Å². The number of hydrogen-bond acceptors (Lipinski definition) is 2. The highest BCUT2D eigenvalue weighted by Gasteiger charge is 2.17. The number of nitrogens with one attached hydrogen (secondary N) is 2. The Morgan fingerprint density at radius 2 is 1.23 bits per heavy atom. The van der Waals surface area contributed by atoms with Gasteiger partial charge in [-0.2, -0.15) is 0 Å². The number of urea groups is 1. The van der Waals surface area contributed by atoms with E-state index in [0.29, 0.717) is 5.69 Å². The lowest BCUT2D eigenvalue weighted by Crippen LogP contribution is -2.33. The minimum Gasteiger partial charge on any atom is -0.366 e. The van der Waals surface area contributed by atoms with Crippen molar-refractivity contribution in [3.05, 3.63) is 102 Å². The van der Waals surface area contributed by atoms with Crippen LogP contribution in [0.25, 0.3) is 0 Å². The maximum Gasteiger partial charge on any atom is 0.320 e. The van der Waals surface area contributed by atoms with Gasteiger partial charge in [-0.15, -0.1) is 0 Å². The molecule has 5 heteroatoms. The van der Waals surface area contributed by atoms with Crippen LogP contribution in [0.5, 0.6) is 0 Å². The number of anilines is 1. The standard InChI is InChI=1S/C21H19N3O2/c22-20(25)17-13-7-8-14-18(17)23-21(26)24-19(15-9-3-1-4-10-15)16-11-5-2-6-12-16/h1-14,19H,(H2,22,25)(H2,23,24,26). The predicted octanol–water partition coefficient (Wildman–Crippen LogP) is 3.70. The number of nitrogens with two attached hydrogens (primary N) is 1. The molecule has 0 saturated heterocycles. The Kier molecular flexibility index (Phi) is 5.29. The lowest BCUT2D eigenvalue weighted by atomic mass is 9.99. The molecule has 0 aliphatic rings. The van der Waals surface area contributed by atoms with Gasteiger partial charge in [-0.25, -0.2) is 4.79 Å². The minimum absolute atomic E-state index is 0.263. The number of carbonyl (C=O) groups excluding carboxylic acids is 2. The zero-order valence-electron chi connectivity index (χ0n) is 14.1. The summed E-state index contributed by atoms with van der Waals surface area (Å²) in [6.45, 7) is 0. The van der Waals surface area contributed by atoms with Crippen LogP contribution in [-0.2, 0) is 0 Å². The van der Waals surface area contributed by atoms with Crippen molar-refractivity contribution in [1.29, 1.82) is 0 Å². The Hall–Kier alpha value is -3.60. The average Bonchev–Trinajstić information content (AvgIpc) is 2.68. The molecule has 0 atom stereocenters. The molecule has 0 saturated carbocycles. The second-order valence-corrected chi connectivity index (χ2v) is 5.76. The van der Waals surface area contributed by atoms with Crippen molar-refractivity contribution < 1.29 is 9.59 Å². The third-order valence-corrected chi connectivity index (χ3v) is 3.98. The van der Waals surface area contributed by atoms with E-state index in [1.807, 2.05) is 60.7 Å². The molecule has 0 bridgehead atoms. The molecule has 0 fully saturated rings. The molecule has 26 heavy (non-hydrogen) atoms. The minimum atomic E-state index is -0.594. The highest BCUT2D eigenvalue weighted by atomic mass is 16.2. The fraction of sp³-hybridized carbons (Fsp3) is 0.0476. The normalized spacial score (nSPS) is 10.3. The third-order valence-electron chi connectivity index (χ3n) is 3.98. The van der Waals surface area contributed by atoms with Crippen molar-refractivity contribution >= 4 is 17.6 Å². The number of hydrogen-bond donors (Lipinski definition) is 3. The van der Waals surface area contributed by atoms with E-state index >= 15 is 0 Å². The van der Waals surface area contributed by atoms with Crippen molar-refractivity contribution in [2.45, 2.75) is 6.04 Å². The fourth-order valence-corrected chi connectivity index (χ4v) is 2.75. The SMILES string of the molecule is NC(=O)c1ccccc1NC(=O)NC(c1ccccc1)c1ccccc1. The van der Waals surface area contributed by atoms with Crippen molar-refractivity contribution in [2.24, 2.45) is 5.73 Å². The summed E-state index contributed by atoms with van der Waals surface area (Å²) >= 11 is 0. The predicted molar refractivity (Wildman–Crippen MR) is 102 cm³/mol. The van der Waals surface area contributed by atoms with Gasteiger partial charge in [0.05, 0.1) is 17.3 Å². The summed E-state index contributed by atoms with van der Waals surface area (Å²) in [5.74, 6) is -0.594. The van der Waals surface area contributed by atoms with Gasteiger partial charge < -0.3 is 16.4 Å². The van der Waals surface area contributed by atoms with Crippen LogP contribution in [0.15, 0.2) is 84.9 Å². The summed E-state index contributed by atoms with van der Waals surface area (Å²) in [5, 5.41) is 5.67. The number of para-hydroxylation sites is 1. The number of rotatable bonds is 5. The Balaban J connectivity index is 1.84. The molecule has 3 aromatic carbocycles. The zero-order chi connectivity index (χ0) is 18.4. The molecule has 0 aromatic heterocycles. The first-order chi connectivity index (χ1) is 12.6. The van der Waals surface area contributed by atoms with Crippen LogP contribution < -0.4 is 16.4 Å². The highest BCUT2D eigenvalue weighted by Crippen LogP contribution is 2.22. The van der Waals surface area contributed by atoms with E-state index in [1.54, 1.807) is 24.3 Å². The first-order valence-corrected chi connectivity index (χ1v) is 8.21. The summed E-state index contributed by atoms with van der Waals surface area (Å²) < 4.78 is 0. The molecule has 0 radical (unpaired) electrons. The van der Waals surface area contributed by atoms with Crippen molar-refractivity contribution in [1.82, 2.24) is 5.32 Å². The maximum absolute atomic E-state index is 12.6. The van der Waals surface area contributed by atoms with E-state index < -0.39 is 11.9 Å². The van der Waals surface area contributed by atoms with Crippen LogP contribution in [0.4, 0.5) is 10.5 Å². The number of benzene rings is 3. The molecule has 3 rings (SSSR count). The maximum atomic E-state index is 12.6. The zero-order valence-corrected chi connectivity index (χ0v) is 14.1. The molecule has 130 valence electrons. The quantitative estimate of drug-likeness (QED) is 0.659. The average molecular weight is 345 g/mol. The topological polar surface area (TPSA) is 84.2 Å². The number of carbonyl (C=O) groups is 2. The Bertz CT molecular complexity index is 856. The smallest absolute Gasteiger partial charge is 0.320 e. The second-order valence-electron chi connectivity index (χ2n) is 5.76. The monoisotopic (exact) mass is 345 g/mol. The molecule has 4 N–H and O–H groups in total. The summed E-state index contributed by atoms with van der Waals surface area (Å²) in [6, 6.07) is 25.3. The van der Waals surface area contributed by atoms with Crippen LogP contribution in [0.2, 0.25) is 0 Å². The van der Waals surface area contributed by atoms with Gasteiger partial charge >= 0.3 is 6.03 Å². The summed E-state index contributed by atoms with van der Waals surface area (Å²) in [4.78, 5) is 24.1. The number of amides is 3. The Labute approximate surface area is 151 Å². The van der Waals surface area contributed by atoms with Gasteiger partial charge in [-0.05, 0) is 23.3 Å². The van der Waals surface area contributed by atoms with Crippen molar-refractivity contribution in [3.8, 4) is 0 Å². The van der Waals surface area contributed by atoms with Gasteiger partial charge in [-0.1, -0.05) is 72.8 Å². The van der Waals surface area contributed by atoms with Crippen molar-refractivity contribution in [3.63, 3.8) is 0 Å². The molecule has 0 aliphatic carbocycles. The lowest BCUT2D eigenvalue weighted by Gasteiger charge is -2.20. The van der Waals surface area contributed by atoms with Gasteiger partial charge in [0.1, 0.15) is 0 Å². The van der Waals surface area contributed by atoms with E-state index in [1.165, 1.54) is 0 Å². The van der Waals surface area contributed by atoms with E-state index in [9.17, 15) is 9.59 Å². The molecule has 5 nitrogen and oxygen atoms in total. The van der Waals surface area contributed by atoms with E-state index in [0.717, 1.165) is 11.1 Å². The largest absolute Gasteiger partial charge is 0.366 e. The summed E-state index contributed by atoms with van der Waals surface area (Å²) in [5.41, 5.74) is 7.91. The van der Waals surface area contributed by atoms with Gasteiger partial charge in [0.15, 0.2) is 0 Å². The highest BCUT2D eigenvalue weighted by molar-refractivity contribution is 6.02.